The molecule has 0 spiro atoms. The van der Waals surface area contributed by atoms with Crippen LogP contribution in [-0.4, -0.2) is 23.1 Å². The topological polar surface area (TPSA) is 60.4 Å². The van der Waals surface area contributed by atoms with Crippen LogP contribution in [0, 0.1) is 0 Å². The first-order valence-electron chi connectivity index (χ1n) is 9.75. The molecule has 2 aromatic carbocycles. The number of furan rings is 2. The summed E-state index contributed by atoms with van der Waals surface area (Å²) < 4.78 is 10.7. The number of carbonyl (C=O) groups is 2. The largest absolute Gasteiger partial charge is 0.464 e. The number of benzene rings is 2. The quantitative estimate of drug-likeness (QED) is 0.229. The van der Waals surface area contributed by atoms with Crippen LogP contribution in [0.5, 0.6) is 0 Å². The molecule has 0 radical (unpaired) electrons. The van der Waals surface area contributed by atoms with Gasteiger partial charge in [0.25, 0.3) is 0 Å². The van der Waals surface area contributed by atoms with Gasteiger partial charge in [0.1, 0.15) is 11.2 Å². The van der Waals surface area contributed by atoms with Crippen LogP contribution >= 0.6 is 23.5 Å². The van der Waals surface area contributed by atoms with Crippen LogP contribution in [0.25, 0.3) is 21.9 Å². The Bertz CT molecular complexity index is 1090. The lowest BCUT2D eigenvalue weighted by Gasteiger charge is -2.02. The zero-order valence-electron chi connectivity index (χ0n) is 17.5. The molecule has 0 aliphatic heterocycles. The van der Waals surface area contributed by atoms with Gasteiger partial charge in [0.05, 0.1) is 23.7 Å². The minimum absolute atomic E-state index is 0.0444. The summed E-state index contributed by atoms with van der Waals surface area (Å²) in [6.07, 6.45) is 3.27. The van der Waals surface area contributed by atoms with E-state index in [1.807, 2.05) is 36.4 Å². The van der Waals surface area contributed by atoms with Crippen molar-refractivity contribution in [3.05, 3.63) is 60.1 Å². The zero-order chi connectivity index (χ0) is 21.7. The van der Waals surface area contributed by atoms with Gasteiger partial charge in [-0.2, -0.15) is 0 Å². The summed E-state index contributed by atoms with van der Waals surface area (Å²) in [5, 5.41) is 2.07. The van der Waals surface area contributed by atoms with Crippen LogP contribution in [0.4, 0.5) is 0 Å². The van der Waals surface area contributed by atoms with Crippen molar-refractivity contribution in [2.75, 3.05) is 11.5 Å². The zero-order valence-corrected chi connectivity index (χ0v) is 19.1. The van der Waals surface area contributed by atoms with E-state index >= 15 is 0 Å². The molecule has 0 bridgehead atoms. The van der Waals surface area contributed by atoms with Crippen molar-refractivity contribution >= 4 is 57.0 Å². The van der Waals surface area contributed by atoms with E-state index in [1.54, 1.807) is 49.9 Å². The maximum Gasteiger partial charge on any atom is 0.163 e. The third-order valence-electron chi connectivity index (χ3n) is 4.51. The Balaban J connectivity index is 0.000000171. The van der Waals surface area contributed by atoms with Gasteiger partial charge >= 0.3 is 0 Å². The lowest BCUT2D eigenvalue weighted by atomic mass is 10.1. The molecule has 4 aromatic rings. The highest BCUT2D eigenvalue weighted by Crippen LogP contribution is 2.32. The fourth-order valence-electron chi connectivity index (χ4n) is 3.19. The van der Waals surface area contributed by atoms with Crippen molar-refractivity contribution in [3.8, 4) is 0 Å². The molecule has 6 heteroatoms. The van der Waals surface area contributed by atoms with Gasteiger partial charge in [0.2, 0.25) is 0 Å². The molecular weight excluding hydrogens is 416 g/mol. The summed E-state index contributed by atoms with van der Waals surface area (Å²) in [6.45, 7) is 7.33. The van der Waals surface area contributed by atoms with Gasteiger partial charge in [-0.05, 0) is 61.8 Å². The Morgan fingerprint density at radius 2 is 1.10 bits per heavy atom. The number of hydrogen-bond donors (Lipinski definition) is 0. The van der Waals surface area contributed by atoms with Gasteiger partial charge in [0, 0.05) is 20.6 Å². The Labute approximate surface area is 184 Å². The van der Waals surface area contributed by atoms with Crippen molar-refractivity contribution < 1.29 is 18.4 Å². The van der Waals surface area contributed by atoms with Crippen molar-refractivity contribution in [1.82, 2.24) is 0 Å². The molecule has 4 rings (SSSR count). The summed E-state index contributed by atoms with van der Waals surface area (Å²) in [5.74, 6) is 2.12. The third kappa shape index (κ3) is 4.65. The summed E-state index contributed by atoms with van der Waals surface area (Å²) in [5.41, 5.74) is 2.74. The number of Topliss-reactive ketones (excluding diaryl/α,β-unsaturated/α-hetero) is 2. The molecular formula is C24H24O4S2. The number of ketones is 2. The average molecular weight is 441 g/mol. The average Bonchev–Trinajstić information content (AvgIpc) is 3.39. The second-order valence-electron chi connectivity index (χ2n) is 6.53. The van der Waals surface area contributed by atoms with E-state index in [4.69, 9.17) is 8.83 Å². The van der Waals surface area contributed by atoms with E-state index in [0.717, 1.165) is 22.3 Å². The van der Waals surface area contributed by atoms with Gasteiger partial charge in [-0.3, -0.25) is 9.59 Å². The number of thioether (sulfide) groups is 2. The first-order valence-corrected chi connectivity index (χ1v) is 11.7. The van der Waals surface area contributed by atoms with E-state index < -0.39 is 0 Å². The minimum Gasteiger partial charge on any atom is -0.464 e. The van der Waals surface area contributed by atoms with Crippen LogP contribution in [-0.2, 0) is 0 Å². The van der Waals surface area contributed by atoms with Crippen molar-refractivity contribution in [3.63, 3.8) is 0 Å². The smallest absolute Gasteiger partial charge is 0.163 e. The van der Waals surface area contributed by atoms with Gasteiger partial charge in [-0.1, -0.05) is 13.8 Å². The molecule has 30 heavy (non-hydrogen) atoms. The number of fused-ring (bicyclic) bond motifs is 2. The molecule has 0 fully saturated rings. The molecule has 0 atom stereocenters. The Morgan fingerprint density at radius 1 is 0.700 bits per heavy atom. The summed E-state index contributed by atoms with van der Waals surface area (Å²) in [6, 6.07) is 11.5. The minimum atomic E-state index is 0.0444. The summed E-state index contributed by atoms with van der Waals surface area (Å²) >= 11 is 3.52. The summed E-state index contributed by atoms with van der Waals surface area (Å²) in [4.78, 5) is 25.1. The number of carbonyl (C=O) groups excluding carboxylic acids is 2. The monoisotopic (exact) mass is 440 g/mol. The van der Waals surface area contributed by atoms with E-state index in [1.165, 1.54) is 9.79 Å². The van der Waals surface area contributed by atoms with Crippen molar-refractivity contribution in [2.24, 2.45) is 0 Å². The summed E-state index contributed by atoms with van der Waals surface area (Å²) in [7, 11) is 0. The fraction of sp³-hybridized carbons (Fsp3) is 0.250. The molecule has 0 aliphatic carbocycles. The highest BCUT2D eigenvalue weighted by Gasteiger charge is 2.12. The molecule has 0 saturated heterocycles. The Morgan fingerprint density at radius 3 is 1.43 bits per heavy atom. The van der Waals surface area contributed by atoms with Crippen LogP contribution in [0.1, 0.15) is 48.4 Å². The second kappa shape index (κ2) is 10.0. The van der Waals surface area contributed by atoms with Crippen LogP contribution in [0.3, 0.4) is 0 Å². The first-order chi connectivity index (χ1) is 14.5. The molecule has 0 unspecified atom stereocenters. The number of hydrogen-bond acceptors (Lipinski definition) is 6. The Hall–Kier alpha value is -2.44. The van der Waals surface area contributed by atoms with Gasteiger partial charge in [0.15, 0.2) is 11.6 Å². The molecule has 4 nitrogen and oxygen atoms in total. The SMILES string of the molecule is CCSc1ccc(C(C)=O)c2occc12.CCSc1ccc(C(C)=O)c2occc12. The van der Waals surface area contributed by atoms with Gasteiger partial charge in [-0.15, -0.1) is 23.5 Å². The van der Waals surface area contributed by atoms with Crippen LogP contribution in [0.2, 0.25) is 0 Å². The number of rotatable bonds is 6. The second-order valence-corrected chi connectivity index (χ2v) is 9.14. The lowest BCUT2D eigenvalue weighted by Crippen LogP contribution is -1.92. The van der Waals surface area contributed by atoms with E-state index in [9.17, 15) is 9.59 Å². The Kier molecular flexibility index (Phi) is 7.45. The molecule has 156 valence electrons. The molecule has 0 N–H and O–H groups in total. The molecule has 2 aromatic heterocycles. The van der Waals surface area contributed by atoms with Gasteiger partial charge in [-0.25, -0.2) is 0 Å². The van der Waals surface area contributed by atoms with Crippen molar-refractivity contribution in [2.45, 2.75) is 37.5 Å². The van der Waals surface area contributed by atoms with Crippen LogP contribution < -0.4 is 0 Å². The normalized spacial score (nSPS) is 10.8. The van der Waals surface area contributed by atoms with Gasteiger partial charge < -0.3 is 8.83 Å². The highest BCUT2D eigenvalue weighted by atomic mass is 32.2. The molecule has 0 saturated carbocycles. The maximum absolute atomic E-state index is 11.4. The van der Waals surface area contributed by atoms with E-state index in [2.05, 4.69) is 13.8 Å². The molecule has 0 aliphatic rings. The first kappa shape index (κ1) is 22.2. The van der Waals surface area contributed by atoms with E-state index in [0.29, 0.717) is 22.3 Å². The lowest BCUT2D eigenvalue weighted by molar-refractivity contribution is 0.100. The predicted molar refractivity (Wildman–Crippen MR) is 125 cm³/mol. The fourth-order valence-corrected chi connectivity index (χ4v) is 4.77. The molecule has 0 amide bonds. The maximum atomic E-state index is 11.4. The molecule has 2 heterocycles. The van der Waals surface area contributed by atoms with E-state index in [-0.39, 0.29) is 11.6 Å². The standard InChI is InChI=1S/2C12H12O2S/c2*1-3-15-11-5-4-9(8(2)13)12-10(11)6-7-14-12/h2*4-7H,3H2,1-2H3. The third-order valence-corrected chi connectivity index (χ3v) is 6.42. The highest BCUT2D eigenvalue weighted by molar-refractivity contribution is 7.99. The predicted octanol–water partition coefficient (Wildman–Crippen LogP) is 7.49. The van der Waals surface area contributed by atoms with Crippen molar-refractivity contribution in [1.29, 1.82) is 0 Å². The van der Waals surface area contributed by atoms with Crippen LogP contribution in [0.15, 0.2) is 67.5 Å².